The van der Waals surface area contributed by atoms with E-state index in [2.05, 4.69) is 55.2 Å². The number of nitrogens with one attached hydrogen (secondary N) is 1. The van der Waals surface area contributed by atoms with Crippen molar-refractivity contribution in [3.8, 4) is 0 Å². The van der Waals surface area contributed by atoms with Crippen LogP contribution in [0.4, 0.5) is 5.82 Å². The van der Waals surface area contributed by atoms with Crippen molar-refractivity contribution in [2.24, 2.45) is 0 Å². The van der Waals surface area contributed by atoms with Crippen LogP contribution in [0.25, 0.3) is 0 Å². The summed E-state index contributed by atoms with van der Waals surface area (Å²) in [5, 5.41) is 4.79. The Balaban J connectivity index is 1.57. The van der Waals surface area contributed by atoms with Crippen molar-refractivity contribution in [1.29, 1.82) is 0 Å². The van der Waals surface area contributed by atoms with Gasteiger partial charge in [-0.05, 0) is 51.7 Å². The SMILES string of the molecule is CC(NCc1ccc(N(C)C(C)C)nc1)c1nc2c(s1)CCC2. The van der Waals surface area contributed by atoms with Crippen LogP contribution in [0.5, 0.6) is 0 Å². The summed E-state index contributed by atoms with van der Waals surface area (Å²) < 4.78 is 0. The quantitative estimate of drug-likeness (QED) is 0.876. The second kappa shape index (κ2) is 6.97. The molecule has 2 aromatic heterocycles. The Kier molecular flexibility index (Phi) is 4.97. The molecule has 1 N–H and O–H groups in total. The molecule has 0 saturated carbocycles. The first-order valence-electron chi connectivity index (χ1n) is 8.44. The summed E-state index contributed by atoms with van der Waals surface area (Å²) >= 11 is 1.88. The number of pyridine rings is 1. The fourth-order valence-electron chi connectivity index (χ4n) is 2.75. The first-order chi connectivity index (χ1) is 11.0. The maximum absolute atomic E-state index is 4.79. The number of anilines is 1. The number of thiazole rings is 1. The maximum Gasteiger partial charge on any atom is 0.128 e. The zero-order chi connectivity index (χ0) is 16.4. The Labute approximate surface area is 143 Å². The minimum atomic E-state index is 0.295. The lowest BCUT2D eigenvalue weighted by atomic mass is 10.2. The molecule has 1 aliphatic rings. The van der Waals surface area contributed by atoms with Gasteiger partial charge in [0.2, 0.25) is 0 Å². The van der Waals surface area contributed by atoms with Crippen molar-refractivity contribution in [1.82, 2.24) is 15.3 Å². The van der Waals surface area contributed by atoms with Crippen LogP contribution >= 0.6 is 11.3 Å². The summed E-state index contributed by atoms with van der Waals surface area (Å²) in [5.41, 5.74) is 2.54. The molecule has 0 aromatic carbocycles. The second-order valence-corrected chi connectivity index (χ2v) is 7.72. The predicted octanol–water partition coefficient (Wildman–Crippen LogP) is 3.72. The number of aromatic nitrogens is 2. The van der Waals surface area contributed by atoms with Gasteiger partial charge in [0, 0.05) is 30.7 Å². The van der Waals surface area contributed by atoms with E-state index in [1.807, 2.05) is 17.5 Å². The van der Waals surface area contributed by atoms with Gasteiger partial charge in [-0.1, -0.05) is 6.07 Å². The molecule has 2 aromatic rings. The Morgan fingerprint density at radius 3 is 2.74 bits per heavy atom. The summed E-state index contributed by atoms with van der Waals surface area (Å²) in [4.78, 5) is 13.0. The molecule has 1 unspecified atom stereocenters. The highest BCUT2D eigenvalue weighted by Crippen LogP contribution is 2.30. The molecule has 0 spiro atoms. The first-order valence-corrected chi connectivity index (χ1v) is 9.26. The van der Waals surface area contributed by atoms with Gasteiger partial charge in [-0.2, -0.15) is 0 Å². The Morgan fingerprint density at radius 1 is 1.26 bits per heavy atom. The molecule has 124 valence electrons. The number of fused-ring (bicyclic) bond motifs is 1. The van der Waals surface area contributed by atoms with E-state index in [-0.39, 0.29) is 0 Å². The lowest BCUT2D eigenvalue weighted by molar-refractivity contribution is 0.569. The minimum Gasteiger partial charge on any atom is -0.357 e. The largest absolute Gasteiger partial charge is 0.357 e. The molecule has 4 nitrogen and oxygen atoms in total. The van der Waals surface area contributed by atoms with Crippen molar-refractivity contribution in [3.05, 3.63) is 39.5 Å². The molecule has 3 rings (SSSR count). The van der Waals surface area contributed by atoms with Gasteiger partial charge in [0.25, 0.3) is 0 Å². The molecule has 1 atom stereocenters. The third-order valence-corrected chi connectivity index (χ3v) is 5.88. The summed E-state index contributed by atoms with van der Waals surface area (Å²) in [7, 11) is 2.08. The van der Waals surface area contributed by atoms with E-state index in [4.69, 9.17) is 4.98 Å². The van der Waals surface area contributed by atoms with E-state index in [0.29, 0.717) is 12.1 Å². The van der Waals surface area contributed by atoms with Gasteiger partial charge in [0.05, 0.1) is 11.7 Å². The topological polar surface area (TPSA) is 41.0 Å². The van der Waals surface area contributed by atoms with Crippen LogP contribution in [0.1, 0.15) is 54.4 Å². The number of aryl methyl sites for hydroxylation is 2. The van der Waals surface area contributed by atoms with Crippen molar-refractivity contribution in [2.75, 3.05) is 11.9 Å². The van der Waals surface area contributed by atoms with Gasteiger partial charge in [-0.25, -0.2) is 9.97 Å². The molecule has 0 bridgehead atoms. The predicted molar refractivity (Wildman–Crippen MR) is 97.2 cm³/mol. The van der Waals surface area contributed by atoms with Crippen molar-refractivity contribution in [2.45, 2.75) is 58.7 Å². The Hall–Kier alpha value is -1.46. The van der Waals surface area contributed by atoms with Crippen molar-refractivity contribution >= 4 is 17.2 Å². The number of hydrogen-bond acceptors (Lipinski definition) is 5. The normalized spacial score (nSPS) is 15.0. The zero-order valence-electron chi connectivity index (χ0n) is 14.5. The molecular weight excluding hydrogens is 304 g/mol. The van der Waals surface area contributed by atoms with E-state index in [0.717, 1.165) is 18.8 Å². The fourth-order valence-corrected chi connectivity index (χ4v) is 3.93. The molecular formula is C18H26N4S. The van der Waals surface area contributed by atoms with Gasteiger partial charge in [0.15, 0.2) is 0 Å². The number of hydrogen-bond donors (Lipinski definition) is 1. The van der Waals surface area contributed by atoms with Gasteiger partial charge in [0.1, 0.15) is 10.8 Å². The summed E-state index contributed by atoms with van der Waals surface area (Å²) in [6.07, 6.45) is 5.62. The van der Waals surface area contributed by atoms with Crippen LogP contribution in [-0.2, 0) is 19.4 Å². The van der Waals surface area contributed by atoms with Crippen LogP contribution in [0, 0.1) is 0 Å². The second-order valence-electron chi connectivity index (χ2n) is 6.61. The molecule has 0 saturated heterocycles. The summed E-state index contributed by atoms with van der Waals surface area (Å²) in [6, 6.07) is 5.00. The van der Waals surface area contributed by atoms with E-state index < -0.39 is 0 Å². The number of rotatable bonds is 6. The Bertz CT molecular complexity index is 626. The smallest absolute Gasteiger partial charge is 0.128 e. The molecule has 0 radical (unpaired) electrons. The van der Waals surface area contributed by atoms with E-state index in [1.54, 1.807) is 0 Å². The fraction of sp³-hybridized carbons (Fsp3) is 0.556. The summed E-state index contributed by atoms with van der Waals surface area (Å²) in [5.74, 6) is 1.02. The monoisotopic (exact) mass is 330 g/mol. The average Bonchev–Trinajstić information content (AvgIpc) is 3.14. The molecule has 5 heteroatoms. The standard InChI is InChI=1S/C18H26N4S/c1-12(2)22(4)17-9-8-14(11-20-17)10-19-13(3)18-21-15-6-5-7-16(15)23-18/h8-9,11-13,19H,5-7,10H2,1-4H3. The minimum absolute atomic E-state index is 0.295. The van der Waals surface area contributed by atoms with E-state index in [9.17, 15) is 0 Å². The van der Waals surface area contributed by atoms with Crippen LogP contribution < -0.4 is 10.2 Å². The molecule has 23 heavy (non-hydrogen) atoms. The van der Waals surface area contributed by atoms with Crippen LogP contribution in [0.2, 0.25) is 0 Å². The summed E-state index contributed by atoms with van der Waals surface area (Å²) in [6.45, 7) is 7.36. The Morgan fingerprint density at radius 2 is 2.09 bits per heavy atom. The van der Waals surface area contributed by atoms with Crippen LogP contribution in [0.3, 0.4) is 0 Å². The van der Waals surface area contributed by atoms with Gasteiger partial charge in [-0.3, -0.25) is 0 Å². The average molecular weight is 331 g/mol. The van der Waals surface area contributed by atoms with Crippen LogP contribution in [0.15, 0.2) is 18.3 Å². The van der Waals surface area contributed by atoms with E-state index in [1.165, 1.54) is 34.0 Å². The van der Waals surface area contributed by atoms with Crippen molar-refractivity contribution in [3.63, 3.8) is 0 Å². The third kappa shape index (κ3) is 3.72. The van der Waals surface area contributed by atoms with Gasteiger partial charge < -0.3 is 10.2 Å². The highest BCUT2D eigenvalue weighted by molar-refractivity contribution is 7.11. The third-order valence-electron chi connectivity index (χ3n) is 4.54. The molecule has 0 fully saturated rings. The highest BCUT2D eigenvalue weighted by Gasteiger charge is 2.19. The maximum atomic E-state index is 4.79. The first kappa shape index (κ1) is 16.4. The molecule has 0 aliphatic heterocycles. The van der Waals surface area contributed by atoms with E-state index >= 15 is 0 Å². The highest BCUT2D eigenvalue weighted by atomic mass is 32.1. The van der Waals surface area contributed by atoms with Crippen LogP contribution in [-0.4, -0.2) is 23.1 Å². The lowest BCUT2D eigenvalue weighted by Crippen LogP contribution is -2.26. The molecule has 0 amide bonds. The molecule has 1 aliphatic carbocycles. The van der Waals surface area contributed by atoms with Crippen molar-refractivity contribution < 1.29 is 0 Å². The van der Waals surface area contributed by atoms with Gasteiger partial charge >= 0.3 is 0 Å². The zero-order valence-corrected chi connectivity index (χ0v) is 15.3. The lowest BCUT2D eigenvalue weighted by Gasteiger charge is -2.22. The molecule has 2 heterocycles. The van der Waals surface area contributed by atoms with Gasteiger partial charge in [-0.15, -0.1) is 11.3 Å². The number of nitrogens with zero attached hydrogens (tertiary/aromatic N) is 3.